The van der Waals surface area contributed by atoms with E-state index in [1.165, 1.54) is 0 Å². The summed E-state index contributed by atoms with van der Waals surface area (Å²) in [7, 11) is 1.63. The van der Waals surface area contributed by atoms with Crippen molar-refractivity contribution in [2.45, 2.75) is 25.6 Å². The Morgan fingerprint density at radius 1 is 1.27 bits per heavy atom. The summed E-state index contributed by atoms with van der Waals surface area (Å²) in [6, 6.07) is 7.81. The molecule has 0 amide bonds. The van der Waals surface area contributed by atoms with Crippen LogP contribution in [-0.2, 0) is 9.53 Å². The summed E-state index contributed by atoms with van der Waals surface area (Å²) in [5, 5.41) is 9.15. The average molecular weight is 304 g/mol. The number of rotatable bonds is 4. The molecule has 6 heteroatoms. The largest absolute Gasteiger partial charge is 0.497 e. The van der Waals surface area contributed by atoms with E-state index in [1.807, 2.05) is 31.2 Å². The summed E-state index contributed by atoms with van der Waals surface area (Å²) in [4.78, 5) is 12.0. The average Bonchev–Trinajstić information content (AvgIpc) is 2.95. The number of hydrogen-bond donors (Lipinski definition) is 3. The first kappa shape index (κ1) is 15.0. The molecule has 2 aliphatic rings. The second-order valence-electron chi connectivity index (χ2n) is 5.53. The number of methoxy groups -OCH3 is 1. The Morgan fingerprint density at radius 2 is 2.00 bits per heavy atom. The van der Waals surface area contributed by atoms with Gasteiger partial charge in [0.2, 0.25) is 0 Å². The molecule has 1 fully saturated rings. The Hall–Kier alpha value is -1.89. The molecule has 2 aliphatic heterocycles. The molecule has 2 heterocycles. The summed E-state index contributed by atoms with van der Waals surface area (Å²) in [5.41, 5.74) is 8.87. The number of carbonyl (C=O) groups is 1. The minimum atomic E-state index is -0.387. The van der Waals surface area contributed by atoms with Crippen molar-refractivity contribution in [3.05, 3.63) is 41.0 Å². The lowest BCUT2D eigenvalue weighted by Crippen LogP contribution is -2.40. The third kappa shape index (κ3) is 2.49. The van der Waals surface area contributed by atoms with Gasteiger partial charge in [0.1, 0.15) is 5.75 Å². The number of hydrazine groups is 1. The fraction of sp³-hybridized carbons (Fsp3) is 0.438. The molecule has 0 spiro atoms. The van der Waals surface area contributed by atoms with Gasteiger partial charge in [0, 0.05) is 18.6 Å². The van der Waals surface area contributed by atoms with Crippen LogP contribution >= 0.6 is 0 Å². The molecule has 0 aromatic heterocycles. The van der Waals surface area contributed by atoms with Gasteiger partial charge in [0.15, 0.2) is 6.23 Å². The molecule has 1 aromatic rings. The van der Waals surface area contributed by atoms with Gasteiger partial charge in [-0.3, -0.25) is 0 Å². The number of nitrogens with one attached hydrogen (secondary N) is 2. The van der Waals surface area contributed by atoms with Crippen molar-refractivity contribution >= 4 is 5.97 Å². The van der Waals surface area contributed by atoms with E-state index in [0.29, 0.717) is 12.0 Å². The topological polar surface area (TPSA) is 79.8 Å². The third-order valence-electron chi connectivity index (χ3n) is 4.36. The summed E-state index contributed by atoms with van der Waals surface area (Å²) < 4.78 is 10.6. The lowest BCUT2D eigenvalue weighted by atomic mass is 9.83. The number of hydrogen-bond acceptors (Lipinski definition) is 6. The van der Waals surface area contributed by atoms with E-state index in [2.05, 4.69) is 10.9 Å². The van der Waals surface area contributed by atoms with E-state index in [-0.39, 0.29) is 30.8 Å². The first-order valence-corrected chi connectivity index (χ1v) is 7.32. The quantitative estimate of drug-likeness (QED) is 0.721. The number of benzene rings is 1. The Morgan fingerprint density at radius 3 is 2.64 bits per heavy atom. The van der Waals surface area contributed by atoms with Crippen LogP contribution in [-0.4, -0.2) is 31.0 Å². The van der Waals surface area contributed by atoms with Gasteiger partial charge in [-0.1, -0.05) is 17.7 Å². The van der Waals surface area contributed by atoms with E-state index >= 15 is 0 Å². The highest BCUT2D eigenvalue weighted by atomic mass is 16.6. The first-order chi connectivity index (χ1) is 10.7. The Bertz CT molecular complexity index is 597. The highest BCUT2D eigenvalue weighted by molar-refractivity contribution is 5.90. The van der Waals surface area contributed by atoms with Crippen molar-refractivity contribution in [3.8, 4) is 5.75 Å². The molecule has 6 nitrogen and oxygen atoms in total. The van der Waals surface area contributed by atoms with Crippen molar-refractivity contribution in [2.75, 3.05) is 13.7 Å². The fourth-order valence-corrected chi connectivity index (χ4v) is 3.17. The van der Waals surface area contributed by atoms with Crippen molar-refractivity contribution in [3.63, 3.8) is 0 Å². The SMILES string of the molecule is COc1ccc(C2NNC3OC(=O)C(CCO)=C(C)C32)cc1. The molecule has 1 saturated heterocycles. The maximum absolute atomic E-state index is 12.0. The number of carbonyl (C=O) groups excluding carboxylic acids is 1. The molecular formula is C16H20N2O4. The van der Waals surface area contributed by atoms with Gasteiger partial charge < -0.3 is 14.6 Å². The third-order valence-corrected chi connectivity index (χ3v) is 4.36. The number of aliphatic hydroxyl groups is 1. The fourth-order valence-electron chi connectivity index (χ4n) is 3.17. The van der Waals surface area contributed by atoms with Crippen molar-refractivity contribution in [1.82, 2.24) is 10.9 Å². The first-order valence-electron chi connectivity index (χ1n) is 7.32. The standard InChI is InChI=1S/C16H20N2O4/c1-9-12(7-8-19)16(20)22-15-13(9)14(17-18-15)10-3-5-11(21-2)6-4-10/h3-6,13-15,17-19H,7-8H2,1-2H3. The van der Waals surface area contributed by atoms with Crippen LogP contribution in [0.15, 0.2) is 35.4 Å². The Balaban J connectivity index is 1.92. The van der Waals surface area contributed by atoms with Crippen molar-refractivity contribution in [1.29, 1.82) is 0 Å². The van der Waals surface area contributed by atoms with Gasteiger partial charge in [0.05, 0.1) is 19.1 Å². The van der Waals surface area contributed by atoms with Gasteiger partial charge in [-0.05, 0) is 24.6 Å². The van der Waals surface area contributed by atoms with Crippen LogP contribution < -0.4 is 15.6 Å². The molecule has 0 saturated carbocycles. The molecular weight excluding hydrogens is 284 g/mol. The van der Waals surface area contributed by atoms with E-state index in [9.17, 15) is 4.79 Å². The zero-order valence-electron chi connectivity index (χ0n) is 12.6. The van der Waals surface area contributed by atoms with E-state index in [0.717, 1.165) is 16.9 Å². The number of ether oxygens (including phenoxy) is 2. The van der Waals surface area contributed by atoms with Crippen LogP contribution in [0.1, 0.15) is 24.9 Å². The van der Waals surface area contributed by atoms with Crippen LogP contribution in [0, 0.1) is 5.92 Å². The number of esters is 1. The molecule has 3 rings (SSSR count). The molecule has 1 aromatic carbocycles. The van der Waals surface area contributed by atoms with Crippen LogP contribution in [0.3, 0.4) is 0 Å². The minimum Gasteiger partial charge on any atom is -0.497 e. The zero-order valence-corrected chi connectivity index (χ0v) is 12.6. The molecule has 118 valence electrons. The number of fused-ring (bicyclic) bond motifs is 1. The summed E-state index contributed by atoms with van der Waals surface area (Å²) in [6.45, 7) is 1.88. The molecule has 3 N–H and O–H groups in total. The second kappa shape index (κ2) is 6.08. The molecule has 3 unspecified atom stereocenters. The lowest BCUT2D eigenvalue weighted by molar-refractivity contribution is -0.149. The maximum Gasteiger partial charge on any atom is 0.335 e. The van der Waals surface area contributed by atoms with Crippen molar-refractivity contribution < 1.29 is 19.4 Å². The predicted molar refractivity (Wildman–Crippen MR) is 79.8 cm³/mol. The summed E-state index contributed by atoms with van der Waals surface area (Å²) in [6.07, 6.45) is -0.0644. The van der Waals surface area contributed by atoms with Crippen LogP contribution in [0.4, 0.5) is 0 Å². The molecule has 0 bridgehead atoms. The summed E-state index contributed by atoms with van der Waals surface area (Å²) in [5.74, 6) is 0.458. The van der Waals surface area contributed by atoms with Crippen LogP contribution in [0.25, 0.3) is 0 Å². The highest BCUT2D eigenvalue weighted by Crippen LogP contribution is 2.40. The minimum absolute atomic E-state index is 0.00213. The Labute approximate surface area is 129 Å². The van der Waals surface area contributed by atoms with Crippen LogP contribution in [0.2, 0.25) is 0 Å². The van der Waals surface area contributed by atoms with Gasteiger partial charge in [-0.2, -0.15) is 0 Å². The van der Waals surface area contributed by atoms with Gasteiger partial charge in [-0.15, -0.1) is 0 Å². The van der Waals surface area contributed by atoms with E-state index in [1.54, 1.807) is 7.11 Å². The molecule has 3 atom stereocenters. The smallest absolute Gasteiger partial charge is 0.335 e. The van der Waals surface area contributed by atoms with Gasteiger partial charge in [-0.25, -0.2) is 15.6 Å². The second-order valence-corrected chi connectivity index (χ2v) is 5.53. The van der Waals surface area contributed by atoms with E-state index in [4.69, 9.17) is 14.6 Å². The molecule has 0 aliphatic carbocycles. The van der Waals surface area contributed by atoms with Crippen molar-refractivity contribution in [2.24, 2.45) is 5.92 Å². The normalized spacial score (nSPS) is 27.6. The zero-order chi connectivity index (χ0) is 15.7. The number of aliphatic hydroxyl groups excluding tert-OH is 1. The van der Waals surface area contributed by atoms with Gasteiger partial charge >= 0.3 is 5.97 Å². The molecule has 0 radical (unpaired) electrons. The lowest BCUT2D eigenvalue weighted by Gasteiger charge is -2.30. The van der Waals surface area contributed by atoms with Crippen LogP contribution in [0.5, 0.6) is 5.75 Å². The maximum atomic E-state index is 12.0. The highest BCUT2D eigenvalue weighted by Gasteiger charge is 2.44. The predicted octanol–water partition coefficient (Wildman–Crippen LogP) is 1.04. The van der Waals surface area contributed by atoms with E-state index < -0.39 is 0 Å². The summed E-state index contributed by atoms with van der Waals surface area (Å²) >= 11 is 0. The molecule has 22 heavy (non-hydrogen) atoms. The Kier molecular flexibility index (Phi) is 4.15. The monoisotopic (exact) mass is 304 g/mol. The van der Waals surface area contributed by atoms with Gasteiger partial charge in [0.25, 0.3) is 0 Å².